The zero-order valence-electron chi connectivity index (χ0n) is 20.1. The van der Waals surface area contributed by atoms with E-state index in [1.54, 1.807) is 22.2 Å². The fourth-order valence-corrected chi connectivity index (χ4v) is 5.77. The molecule has 0 bridgehead atoms. The molecule has 9 nitrogen and oxygen atoms in total. The van der Waals surface area contributed by atoms with Crippen molar-refractivity contribution in [3.63, 3.8) is 0 Å². The summed E-state index contributed by atoms with van der Waals surface area (Å²) in [4.78, 5) is 40.5. The van der Waals surface area contributed by atoms with Crippen LogP contribution in [0.25, 0.3) is 15.9 Å². The second kappa shape index (κ2) is 10.7. The number of esters is 1. The third-order valence-electron chi connectivity index (χ3n) is 6.05. The lowest BCUT2D eigenvalue weighted by Gasteiger charge is -2.35. The van der Waals surface area contributed by atoms with Gasteiger partial charge in [-0.05, 0) is 42.8 Å². The van der Waals surface area contributed by atoms with Crippen LogP contribution in [0.15, 0.2) is 53.9 Å². The average Bonchev–Trinajstić information content (AvgIpc) is 3.61. The first-order valence-electron chi connectivity index (χ1n) is 11.7. The summed E-state index contributed by atoms with van der Waals surface area (Å²) < 4.78 is 6.52. The molecule has 0 spiro atoms. The van der Waals surface area contributed by atoms with Crippen LogP contribution in [-0.2, 0) is 16.0 Å². The molecule has 11 heteroatoms. The number of thioether (sulfide) groups is 1. The number of thiophene rings is 1. The van der Waals surface area contributed by atoms with Gasteiger partial charge in [-0.3, -0.25) is 9.59 Å². The predicted octanol–water partition coefficient (Wildman–Crippen LogP) is 3.67. The molecule has 1 aliphatic rings. The number of fused-ring (bicyclic) bond motifs is 1. The number of hydrogen-bond donors (Lipinski definition) is 0. The number of aryl methyl sites for hydroxylation is 1. The summed E-state index contributed by atoms with van der Waals surface area (Å²) in [5.74, 6) is 0.733. The van der Waals surface area contributed by atoms with Crippen molar-refractivity contribution >= 4 is 51.0 Å². The van der Waals surface area contributed by atoms with Crippen LogP contribution in [0.5, 0.6) is 0 Å². The van der Waals surface area contributed by atoms with Crippen LogP contribution in [0, 0.1) is 0 Å². The Morgan fingerprint density at radius 3 is 2.56 bits per heavy atom. The second-order valence-electron chi connectivity index (χ2n) is 8.26. The molecule has 1 aliphatic heterocycles. The third-order valence-corrected chi connectivity index (χ3v) is 8.04. The molecule has 0 unspecified atom stereocenters. The molecule has 1 fully saturated rings. The smallest absolute Gasteiger partial charge is 0.316 e. The molecule has 1 saturated heterocycles. The van der Waals surface area contributed by atoms with Crippen molar-refractivity contribution in [1.82, 2.24) is 24.6 Å². The average molecular weight is 523 g/mol. The summed E-state index contributed by atoms with van der Waals surface area (Å²) >= 11 is 2.93. The minimum Gasteiger partial charge on any atom is -0.468 e. The second-order valence-corrected chi connectivity index (χ2v) is 10.3. The number of aromatic nitrogens is 4. The molecule has 0 aliphatic carbocycles. The van der Waals surface area contributed by atoms with E-state index in [2.05, 4.69) is 28.0 Å². The standard InChI is InChI=1S/C25H26N6O3S2/c1-3-19-15-20-22(27-25(28-23(20)36-19)35-16-21(32)34-2)29-11-13-30(14-12-29)24(33)17-5-7-18(8-6-17)31-10-4-9-26-31/h4-10,15H,3,11-14,16H2,1-2H3. The van der Waals surface area contributed by atoms with E-state index in [1.165, 1.54) is 23.7 Å². The fourth-order valence-electron chi connectivity index (χ4n) is 4.08. The van der Waals surface area contributed by atoms with Gasteiger partial charge in [-0.15, -0.1) is 11.3 Å². The van der Waals surface area contributed by atoms with Gasteiger partial charge in [0.05, 0.1) is 23.9 Å². The number of hydrogen-bond acceptors (Lipinski definition) is 9. The number of ether oxygens (including phenoxy) is 1. The lowest BCUT2D eigenvalue weighted by molar-refractivity contribution is -0.137. The highest BCUT2D eigenvalue weighted by Gasteiger charge is 2.25. The Morgan fingerprint density at radius 1 is 1.11 bits per heavy atom. The van der Waals surface area contributed by atoms with Crippen LogP contribution in [-0.4, -0.2) is 75.6 Å². The van der Waals surface area contributed by atoms with Crippen molar-refractivity contribution in [2.45, 2.75) is 18.5 Å². The van der Waals surface area contributed by atoms with E-state index in [0.29, 0.717) is 36.9 Å². The summed E-state index contributed by atoms with van der Waals surface area (Å²) in [6, 6.07) is 11.5. The van der Waals surface area contributed by atoms with Gasteiger partial charge in [0.25, 0.3) is 5.91 Å². The summed E-state index contributed by atoms with van der Waals surface area (Å²) in [5, 5.41) is 5.81. The van der Waals surface area contributed by atoms with E-state index in [0.717, 1.165) is 28.1 Å². The molecular weight excluding hydrogens is 496 g/mol. The van der Waals surface area contributed by atoms with E-state index in [1.807, 2.05) is 41.4 Å². The summed E-state index contributed by atoms with van der Waals surface area (Å²) in [5.41, 5.74) is 1.58. The van der Waals surface area contributed by atoms with Crippen LogP contribution in [0.1, 0.15) is 22.2 Å². The Hall–Kier alpha value is -3.44. The van der Waals surface area contributed by atoms with Crippen molar-refractivity contribution in [3.05, 3.63) is 59.2 Å². The first-order chi connectivity index (χ1) is 17.6. The van der Waals surface area contributed by atoms with Gasteiger partial charge in [0.2, 0.25) is 0 Å². The SMILES string of the molecule is CCc1cc2c(N3CCN(C(=O)c4ccc(-n5cccn5)cc4)CC3)nc(SCC(=O)OC)nc2s1. The van der Waals surface area contributed by atoms with Gasteiger partial charge in [0, 0.05) is 49.0 Å². The molecule has 186 valence electrons. The molecular formula is C25H26N6O3S2. The molecule has 0 saturated carbocycles. The fraction of sp³-hybridized carbons (Fsp3) is 0.320. The Bertz CT molecular complexity index is 1360. The summed E-state index contributed by atoms with van der Waals surface area (Å²) in [6.07, 6.45) is 4.52. The zero-order valence-corrected chi connectivity index (χ0v) is 21.7. The number of benzene rings is 1. The van der Waals surface area contributed by atoms with Crippen LogP contribution in [0.4, 0.5) is 5.82 Å². The first-order valence-corrected chi connectivity index (χ1v) is 13.5. The van der Waals surface area contributed by atoms with Gasteiger partial charge < -0.3 is 14.5 Å². The zero-order chi connectivity index (χ0) is 25.1. The van der Waals surface area contributed by atoms with Gasteiger partial charge in [0.15, 0.2) is 5.16 Å². The summed E-state index contributed by atoms with van der Waals surface area (Å²) in [6.45, 7) is 4.65. The lowest BCUT2D eigenvalue weighted by Crippen LogP contribution is -2.49. The quantitative estimate of drug-likeness (QED) is 0.206. The predicted molar refractivity (Wildman–Crippen MR) is 141 cm³/mol. The molecule has 1 aromatic carbocycles. The van der Waals surface area contributed by atoms with E-state index in [4.69, 9.17) is 9.72 Å². The number of piperazine rings is 1. The normalized spacial score (nSPS) is 13.8. The maximum Gasteiger partial charge on any atom is 0.316 e. The van der Waals surface area contributed by atoms with E-state index in [9.17, 15) is 9.59 Å². The topological polar surface area (TPSA) is 93.5 Å². The minimum absolute atomic E-state index is 0.0209. The molecule has 4 aromatic rings. The Morgan fingerprint density at radius 2 is 1.89 bits per heavy atom. The van der Waals surface area contributed by atoms with E-state index < -0.39 is 0 Å². The van der Waals surface area contributed by atoms with Crippen molar-refractivity contribution in [1.29, 1.82) is 0 Å². The van der Waals surface area contributed by atoms with Crippen LogP contribution < -0.4 is 4.90 Å². The van der Waals surface area contributed by atoms with Gasteiger partial charge in [-0.25, -0.2) is 14.6 Å². The van der Waals surface area contributed by atoms with Gasteiger partial charge >= 0.3 is 5.97 Å². The maximum absolute atomic E-state index is 13.1. The molecule has 0 atom stereocenters. The number of methoxy groups -OCH3 is 1. The monoisotopic (exact) mass is 522 g/mol. The number of nitrogens with zero attached hydrogens (tertiary/aromatic N) is 6. The van der Waals surface area contributed by atoms with Crippen LogP contribution in [0.2, 0.25) is 0 Å². The first kappa shape index (κ1) is 24.3. The molecule has 0 radical (unpaired) electrons. The largest absolute Gasteiger partial charge is 0.468 e. The van der Waals surface area contributed by atoms with E-state index >= 15 is 0 Å². The third kappa shape index (κ3) is 5.07. The molecule has 5 rings (SSSR count). The summed E-state index contributed by atoms with van der Waals surface area (Å²) in [7, 11) is 1.37. The maximum atomic E-state index is 13.1. The number of amides is 1. The molecule has 4 heterocycles. The molecule has 1 amide bonds. The Kier molecular flexibility index (Phi) is 7.19. The van der Waals surface area contributed by atoms with Crippen LogP contribution >= 0.6 is 23.1 Å². The van der Waals surface area contributed by atoms with Crippen molar-refractivity contribution in [3.8, 4) is 5.69 Å². The molecule has 3 aromatic heterocycles. The van der Waals surface area contributed by atoms with Gasteiger partial charge in [0.1, 0.15) is 10.6 Å². The van der Waals surface area contributed by atoms with Crippen molar-refractivity contribution in [2.24, 2.45) is 0 Å². The van der Waals surface area contributed by atoms with Gasteiger partial charge in [-0.1, -0.05) is 18.7 Å². The highest BCUT2D eigenvalue weighted by molar-refractivity contribution is 7.99. The Labute approximate surface area is 217 Å². The molecule has 36 heavy (non-hydrogen) atoms. The number of anilines is 1. The number of carbonyl (C=O) groups excluding carboxylic acids is 2. The van der Waals surface area contributed by atoms with Crippen molar-refractivity contribution < 1.29 is 14.3 Å². The van der Waals surface area contributed by atoms with Crippen LogP contribution in [0.3, 0.4) is 0 Å². The number of rotatable bonds is 7. The molecule has 0 N–H and O–H groups in total. The van der Waals surface area contributed by atoms with E-state index in [-0.39, 0.29) is 17.6 Å². The Balaban J connectivity index is 1.30. The number of carbonyl (C=O) groups is 2. The minimum atomic E-state index is -0.310. The highest BCUT2D eigenvalue weighted by atomic mass is 32.2. The highest BCUT2D eigenvalue weighted by Crippen LogP contribution is 2.34. The lowest BCUT2D eigenvalue weighted by atomic mass is 10.1. The van der Waals surface area contributed by atoms with Gasteiger partial charge in [-0.2, -0.15) is 5.10 Å². The van der Waals surface area contributed by atoms with Crippen molar-refractivity contribution in [2.75, 3.05) is 43.9 Å².